The van der Waals surface area contributed by atoms with Crippen LogP contribution in [0.4, 0.5) is 17.1 Å². The predicted molar refractivity (Wildman–Crippen MR) is 128 cm³/mol. The van der Waals surface area contributed by atoms with Crippen molar-refractivity contribution in [3.63, 3.8) is 0 Å². The van der Waals surface area contributed by atoms with Crippen molar-refractivity contribution in [2.24, 2.45) is 0 Å². The topological polar surface area (TPSA) is 23.6 Å². The van der Waals surface area contributed by atoms with Gasteiger partial charge in [0.05, 0.1) is 10.6 Å². The minimum Gasteiger partial charge on any atom is -0.345 e. The second kappa shape index (κ2) is 8.41. The van der Waals surface area contributed by atoms with Gasteiger partial charge < -0.3 is 4.90 Å². The van der Waals surface area contributed by atoms with E-state index in [0.717, 1.165) is 22.6 Å². The summed E-state index contributed by atoms with van der Waals surface area (Å²) in [5.74, 6) is -0.118. The molecule has 0 N–H and O–H groups in total. The molecule has 1 heterocycles. The zero-order chi connectivity index (χ0) is 20.4. The fraction of sp³-hybridized carbons (Fsp3) is 0.0435. The maximum absolute atomic E-state index is 12.9. The maximum Gasteiger partial charge on any atom is 0.270 e. The van der Waals surface area contributed by atoms with Gasteiger partial charge in [0.15, 0.2) is 4.32 Å². The van der Waals surface area contributed by atoms with Gasteiger partial charge in [-0.05, 0) is 60.2 Å². The predicted octanol–water partition coefficient (Wildman–Crippen LogP) is 6.51. The third-order valence-electron chi connectivity index (χ3n) is 4.60. The summed E-state index contributed by atoms with van der Waals surface area (Å²) in [5.41, 5.74) is 3.86. The fourth-order valence-corrected chi connectivity index (χ4v) is 4.45. The first-order valence-corrected chi connectivity index (χ1v) is 10.6. The molecule has 0 atom stereocenters. The van der Waals surface area contributed by atoms with Gasteiger partial charge in [0.1, 0.15) is 0 Å². The summed E-state index contributed by atoms with van der Waals surface area (Å²) in [6.07, 6.45) is 1.88. The Labute approximate surface area is 184 Å². The number of hydrogen-bond donors (Lipinski definition) is 0. The summed E-state index contributed by atoms with van der Waals surface area (Å²) < 4.78 is 0.518. The third kappa shape index (κ3) is 4.22. The molecule has 1 aliphatic rings. The minimum absolute atomic E-state index is 0.118. The van der Waals surface area contributed by atoms with Crippen LogP contribution in [0.5, 0.6) is 0 Å². The van der Waals surface area contributed by atoms with Gasteiger partial charge in [0.2, 0.25) is 0 Å². The Morgan fingerprint density at radius 3 is 2.21 bits per heavy atom. The average molecular weight is 437 g/mol. The number of para-hydroxylation sites is 1. The van der Waals surface area contributed by atoms with Gasteiger partial charge >= 0.3 is 0 Å². The minimum atomic E-state index is -0.118. The van der Waals surface area contributed by atoms with Crippen LogP contribution in [-0.2, 0) is 4.79 Å². The lowest BCUT2D eigenvalue weighted by Crippen LogP contribution is -2.27. The van der Waals surface area contributed by atoms with E-state index in [-0.39, 0.29) is 5.91 Å². The summed E-state index contributed by atoms with van der Waals surface area (Å²) in [4.78, 5) is 17.1. The van der Waals surface area contributed by atoms with E-state index in [0.29, 0.717) is 14.2 Å². The SMILES string of the molecule is CN(c1ccccc1)c1ccc(C=C2SC(=S)N(c3ccc(Cl)cc3)C2=O)cc1. The monoisotopic (exact) mass is 436 g/mol. The summed E-state index contributed by atoms with van der Waals surface area (Å²) in [5, 5.41) is 0.621. The largest absolute Gasteiger partial charge is 0.345 e. The van der Waals surface area contributed by atoms with Gasteiger partial charge in [-0.1, -0.05) is 65.9 Å². The van der Waals surface area contributed by atoms with E-state index in [1.54, 1.807) is 29.2 Å². The standard InChI is InChI=1S/C23H17ClN2OS2/c1-25(18-5-3-2-4-6-18)19-11-7-16(8-12-19)15-21-22(27)26(23(28)29-21)20-13-9-17(24)10-14-20/h2-15H,1H3. The molecular formula is C23H17ClN2OS2. The molecule has 0 bridgehead atoms. The molecule has 1 saturated heterocycles. The zero-order valence-corrected chi connectivity index (χ0v) is 18.0. The number of hydrogen-bond acceptors (Lipinski definition) is 4. The highest BCUT2D eigenvalue weighted by atomic mass is 35.5. The molecule has 29 heavy (non-hydrogen) atoms. The average Bonchev–Trinajstić information content (AvgIpc) is 3.02. The van der Waals surface area contributed by atoms with E-state index in [4.69, 9.17) is 23.8 Å². The van der Waals surface area contributed by atoms with E-state index < -0.39 is 0 Å². The number of amides is 1. The molecule has 1 aliphatic heterocycles. The second-order valence-electron chi connectivity index (χ2n) is 6.48. The first kappa shape index (κ1) is 19.7. The van der Waals surface area contributed by atoms with Gasteiger partial charge in [0, 0.05) is 23.4 Å². The molecule has 3 aromatic rings. The van der Waals surface area contributed by atoms with Crippen LogP contribution in [0.1, 0.15) is 5.56 Å². The second-order valence-corrected chi connectivity index (χ2v) is 8.59. The van der Waals surface area contributed by atoms with Crippen molar-refractivity contribution in [1.82, 2.24) is 0 Å². The van der Waals surface area contributed by atoms with Crippen molar-refractivity contribution in [2.75, 3.05) is 16.8 Å². The van der Waals surface area contributed by atoms with Crippen LogP contribution in [0.3, 0.4) is 0 Å². The Hall–Kier alpha value is -2.60. The molecule has 0 aliphatic carbocycles. The van der Waals surface area contributed by atoms with Crippen molar-refractivity contribution in [1.29, 1.82) is 0 Å². The van der Waals surface area contributed by atoms with E-state index in [2.05, 4.69) is 17.0 Å². The van der Waals surface area contributed by atoms with Crippen molar-refractivity contribution in [3.05, 3.63) is 94.4 Å². The molecular weight excluding hydrogens is 420 g/mol. The molecule has 1 amide bonds. The highest BCUT2D eigenvalue weighted by molar-refractivity contribution is 8.27. The molecule has 3 aromatic carbocycles. The van der Waals surface area contributed by atoms with Crippen LogP contribution < -0.4 is 9.80 Å². The number of nitrogens with zero attached hydrogens (tertiary/aromatic N) is 2. The highest BCUT2D eigenvalue weighted by Gasteiger charge is 2.33. The lowest BCUT2D eigenvalue weighted by Gasteiger charge is -2.19. The number of thiocarbonyl (C=S) groups is 1. The first-order valence-electron chi connectivity index (χ1n) is 8.95. The Balaban J connectivity index is 1.54. The Kier molecular flexibility index (Phi) is 5.72. The molecule has 144 valence electrons. The summed E-state index contributed by atoms with van der Waals surface area (Å²) in [6, 6.07) is 25.3. The van der Waals surface area contributed by atoms with Crippen LogP contribution in [0.2, 0.25) is 5.02 Å². The molecule has 0 aromatic heterocycles. The van der Waals surface area contributed by atoms with Crippen molar-refractivity contribution in [3.8, 4) is 0 Å². The van der Waals surface area contributed by atoms with Gasteiger partial charge in [-0.15, -0.1) is 0 Å². The van der Waals surface area contributed by atoms with Crippen LogP contribution in [0.25, 0.3) is 6.08 Å². The van der Waals surface area contributed by atoms with E-state index in [1.807, 2.05) is 55.6 Å². The van der Waals surface area contributed by atoms with E-state index in [9.17, 15) is 4.79 Å². The van der Waals surface area contributed by atoms with Crippen LogP contribution in [0, 0.1) is 0 Å². The van der Waals surface area contributed by atoms with Crippen LogP contribution in [-0.4, -0.2) is 17.3 Å². The normalized spacial score (nSPS) is 15.2. The zero-order valence-electron chi connectivity index (χ0n) is 15.6. The first-order chi connectivity index (χ1) is 14.0. The van der Waals surface area contributed by atoms with Gasteiger partial charge in [-0.2, -0.15) is 0 Å². The van der Waals surface area contributed by atoms with E-state index >= 15 is 0 Å². The summed E-state index contributed by atoms with van der Waals surface area (Å²) in [6.45, 7) is 0. The van der Waals surface area contributed by atoms with Crippen LogP contribution in [0.15, 0.2) is 83.8 Å². The molecule has 1 fully saturated rings. The Bertz CT molecular complexity index is 1080. The maximum atomic E-state index is 12.9. The number of anilines is 3. The molecule has 3 nitrogen and oxygen atoms in total. The number of thioether (sulfide) groups is 1. The molecule has 0 saturated carbocycles. The lowest BCUT2D eigenvalue weighted by atomic mass is 10.1. The number of carbonyl (C=O) groups is 1. The van der Waals surface area contributed by atoms with E-state index in [1.165, 1.54) is 11.8 Å². The van der Waals surface area contributed by atoms with Gasteiger partial charge in [0.25, 0.3) is 5.91 Å². The lowest BCUT2D eigenvalue weighted by molar-refractivity contribution is -0.113. The van der Waals surface area contributed by atoms with Gasteiger partial charge in [-0.25, -0.2) is 0 Å². The number of halogens is 1. The Morgan fingerprint density at radius 1 is 0.931 bits per heavy atom. The fourth-order valence-electron chi connectivity index (χ4n) is 3.03. The molecule has 0 spiro atoms. The third-order valence-corrected chi connectivity index (χ3v) is 6.15. The van der Waals surface area contributed by atoms with Crippen molar-refractivity contribution >= 4 is 68.9 Å². The number of rotatable bonds is 4. The molecule has 0 unspecified atom stereocenters. The summed E-state index contributed by atoms with van der Waals surface area (Å²) in [7, 11) is 2.03. The van der Waals surface area contributed by atoms with Gasteiger partial charge in [-0.3, -0.25) is 9.69 Å². The van der Waals surface area contributed by atoms with Crippen molar-refractivity contribution in [2.45, 2.75) is 0 Å². The summed E-state index contributed by atoms with van der Waals surface area (Å²) >= 11 is 12.7. The highest BCUT2D eigenvalue weighted by Crippen LogP contribution is 2.36. The van der Waals surface area contributed by atoms with Crippen molar-refractivity contribution < 1.29 is 4.79 Å². The smallest absolute Gasteiger partial charge is 0.270 e. The molecule has 0 radical (unpaired) electrons. The Morgan fingerprint density at radius 2 is 1.55 bits per heavy atom. The number of carbonyl (C=O) groups excluding carboxylic acids is 1. The number of benzene rings is 3. The molecule has 6 heteroatoms. The quantitative estimate of drug-likeness (QED) is 0.343. The molecule has 4 rings (SSSR count). The van der Waals surface area contributed by atoms with Crippen LogP contribution >= 0.6 is 35.6 Å².